The van der Waals surface area contributed by atoms with Crippen LogP contribution >= 0.6 is 0 Å². The Bertz CT molecular complexity index is 342. The molecule has 0 fully saturated rings. The number of esters is 1. The van der Waals surface area contributed by atoms with Crippen molar-refractivity contribution in [1.82, 2.24) is 4.90 Å². The van der Waals surface area contributed by atoms with Crippen molar-refractivity contribution in [2.45, 2.75) is 0 Å². The van der Waals surface area contributed by atoms with E-state index < -0.39 is 0 Å². The van der Waals surface area contributed by atoms with Gasteiger partial charge < -0.3 is 9.64 Å². The molecule has 0 unspecified atom stereocenters. The predicted octanol–water partition coefficient (Wildman–Crippen LogP) is 0.578. The van der Waals surface area contributed by atoms with Crippen LogP contribution in [0.25, 0.3) is 0 Å². The van der Waals surface area contributed by atoms with E-state index in [0.29, 0.717) is 0 Å². The molecule has 0 spiro atoms. The molecule has 78 valence electrons. The van der Waals surface area contributed by atoms with Gasteiger partial charge in [-0.15, -0.1) is 0 Å². The van der Waals surface area contributed by atoms with Gasteiger partial charge in [-0.2, -0.15) is 10.5 Å². The zero-order valence-corrected chi connectivity index (χ0v) is 8.60. The molecule has 0 aromatic carbocycles. The maximum atomic E-state index is 10.8. The van der Waals surface area contributed by atoms with Gasteiger partial charge in [-0.1, -0.05) is 0 Å². The first-order chi connectivity index (χ1) is 7.13. The van der Waals surface area contributed by atoms with E-state index in [2.05, 4.69) is 4.74 Å². The number of allylic oxidation sites excluding steroid dienone is 3. The zero-order chi connectivity index (χ0) is 11.7. The van der Waals surface area contributed by atoms with Gasteiger partial charge in [-0.25, -0.2) is 0 Å². The van der Waals surface area contributed by atoms with Gasteiger partial charge in [0, 0.05) is 7.05 Å². The highest BCUT2D eigenvalue weighted by Gasteiger charge is 2.00. The molecule has 15 heavy (non-hydrogen) atoms. The number of carbonyl (C=O) groups is 1. The lowest BCUT2D eigenvalue weighted by molar-refractivity contribution is -0.141. The largest absolute Gasteiger partial charge is 0.468 e. The third kappa shape index (κ3) is 5.89. The van der Waals surface area contributed by atoms with Crippen LogP contribution < -0.4 is 0 Å². The molecule has 0 bridgehead atoms. The summed E-state index contributed by atoms with van der Waals surface area (Å²) < 4.78 is 4.46. The van der Waals surface area contributed by atoms with E-state index in [1.165, 1.54) is 19.3 Å². The molecule has 0 atom stereocenters. The third-order valence-electron chi connectivity index (χ3n) is 1.45. The van der Waals surface area contributed by atoms with E-state index in [4.69, 9.17) is 10.5 Å². The summed E-state index contributed by atoms with van der Waals surface area (Å²) in [5.41, 5.74) is 0.0118. The van der Waals surface area contributed by atoms with Crippen molar-refractivity contribution in [3.05, 3.63) is 23.9 Å². The second-order valence-electron chi connectivity index (χ2n) is 2.64. The zero-order valence-electron chi connectivity index (χ0n) is 8.60. The van der Waals surface area contributed by atoms with Gasteiger partial charge in [0.15, 0.2) is 0 Å². The van der Waals surface area contributed by atoms with Gasteiger partial charge in [-0.05, 0) is 18.4 Å². The minimum atomic E-state index is -0.355. The quantitative estimate of drug-likeness (QED) is 0.381. The fraction of sp³-hybridized carbons (Fsp3) is 0.300. The van der Waals surface area contributed by atoms with Crippen LogP contribution in [0.2, 0.25) is 0 Å². The van der Waals surface area contributed by atoms with Gasteiger partial charge in [-0.3, -0.25) is 4.79 Å². The summed E-state index contributed by atoms with van der Waals surface area (Å²) in [5, 5.41) is 16.8. The molecular weight excluding hydrogens is 194 g/mol. The van der Waals surface area contributed by atoms with Crippen molar-refractivity contribution in [1.29, 1.82) is 10.5 Å². The van der Waals surface area contributed by atoms with E-state index >= 15 is 0 Å². The van der Waals surface area contributed by atoms with Crippen molar-refractivity contribution >= 4 is 5.97 Å². The second kappa shape index (κ2) is 7.16. The number of rotatable bonds is 4. The van der Waals surface area contributed by atoms with Crippen molar-refractivity contribution < 1.29 is 9.53 Å². The number of hydrogen-bond acceptors (Lipinski definition) is 5. The van der Waals surface area contributed by atoms with Gasteiger partial charge in [0.1, 0.15) is 24.3 Å². The minimum Gasteiger partial charge on any atom is -0.468 e. The van der Waals surface area contributed by atoms with Crippen LogP contribution in [0.1, 0.15) is 0 Å². The Morgan fingerprint density at radius 2 is 2.07 bits per heavy atom. The Kier molecular flexibility index (Phi) is 6.08. The summed E-state index contributed by atoms with van der Waals surface area (Å²) in [5.74, 6) is -0.355. The molecule has 0 aromatic heterocycles. The first-order valence-corrected chi connectivity index (χ1v) is 4.09. The fourth-order valence-electron chi connectivity index (χ4n) is 0.707. The average Bonchev–Trinajstić information content (AvgIpc) is 2.24. The Hall–Kier alpha value is -2.27. The number of ether oxygens (including phenoxy) is 1. The lowest BCUT2D eigenvalue weighted by Gasteiger charge is -2.10. The third-order valence-corrected chi connectivity index (χ3v) is 1.45. The number of methoxy groups -OCH3 is 1. The first-order valence-electron chi connectivity index (χ1n) is 4.09. The van der Waals surface area contributed by atoms with Crippen LogP contribution in [0.3, 0.4) is 0 Å². The number of likely N-dealkylation sites (N-methyl/N-ethyl adjacent to an activating group) is 1. The Morgan fingerprint density at radius 1 is 1.47 bits per heavy atom. The lowest BCUT2D eigenvalue weighted by Crippen LogP contribution is -2.21. The lowest BCUT2D eigenvalue weighted by atomic mass is 10.3. The molecule has 0 saturated carbocycles. The smallest absolute Gasteiger partial charge is 0.325 e. The summed E-state index contributed by atoms with van der Waals surface area (Å²) in [4.78, 5) is 12.4. The average molecular weight is 205 g/mol. The van der Waals surface area contributed by atoms with E-state index in [9.17, 15) is 4.79 Å². The number of nitriles is 2. The summed E-state index contributed by atoms with van der Waals surface area (Å²) in [7, 11) is 2.99. The Labute approximate surface area is 88.5 Å². The monoisotopic (exact) mass is 205 g/mol. The highest BCUT2D eigenvalue weighted by atomic mass is 16.5. The molecule has 0 rings (SSSR count). The van der Waals surface area contributed by atoms with Crippen LogP contribution in [-0.2, 0) is 9.53 Å². The molecule has 0 aliphatic heterocycles. The summed E-state index contributed by atoms with van der Waals surface area (Å²) in [6.45, 7) is 0.120. The van der Waals surface area contributed by atoms with Gasteiger partial charge in [0.2, 0.25) is 0 Å². The Morgan fingerprint density at radius 3 is 2.53 bits per heavy atom. The van der Waals surface area contributed by atoms with Crippen molar-refractivity contribution in [3.63, 3.8) is 0 Å². The van der Waals surface area contributed by atoms with Crippen molar-refractivity contribution in [2.75, 3.05) is 20.7 Å². The molecule has 0 heterocycles. The second-order valence-corrected chi connectivity index (χ2v) is 2.64. The summed E-state index contributed by atoms with van der Waals surface area (Å²) >= 11 is 0. The topological polar surface area (TPSA) is 77.1 Å². The molecule has 5 nitrogen and oxygen atoms in total. The summed E-state index contributed by atoms with van der Waals surface area (Å²) in [6, 6.07) is 3.43. The molecule has 0 radical (unpaired) electrons. The molecule has 0 saturated heterocycles. The van der Waals surface area contributed by atoms with E-state index in [1.54, 1.807) is 30.3 Å². The van der Waals surface area contributed by atoms with Crippen LogP contribution in [0.4, 0.5) is 0 Å². The van der Waals surface area contributed by atoms with Crippen LogP contribution in [0.5, 0.6) is 0 Å². The first kappa shape index (κ1) is 12.7. The van der Waals surface area contributed by atoms with Crippen LogP contribution in [0.15, 0.2) is 23.9 Å². The SMILES string of the molecule is COC(=O)CN(C)/C=C/C=C(C#N)C#N. The molecule has 0 amide bonds. The van der Waals surface area contributed by atoms with Crippen molar-refractivity contribution in [3.8, 4) is 12.1 Å². The van der Waals surface area contributed by atoms with Gasteiger partial charge >= 0.3 is 5.97 Å². The Balaban J connectivity index is 4.20. The highest BCUT2D eigenvalue weighted by molar-refractivity contribution is 5.71. The number of nitrogens with zero attached hydrogens (tertiary/aromatic N) is 3. The molecular formula is C10H11N3O2. The molecule has 0 aromatic rings. The maximum Gasteiger partial charge on any atom is 0.325 e. The van der Waals surface area contributed by atoms with Crippen molar-refractivity contribution in [2.24, 2.45) is 0 Å². The highest BCUT2D eigenvalue weighted by Crippen LogP contribution is 1.92. The fourth-order valence-corrected chi connectivity index (χ4v) is 0.707. The van der Waals surface area contributed by atoms with Gasteiger partial charge in [0.25, 0.3) is 0 Å². The predicted molar refractivity (Wildman–Crippen MR) is 53.1 cm³/mol. The minimum absolute atomic E-state index is 0.0118. The number of carbonyl (C=O) groups excluding carboxylic acids is 1. The van der Waals surface area contributed by atoms with E-state index in [0.717, 1.165) is 0 Å². The molecule has 0 aliphatic rings. The summed E-state index contributed by atoms with van der Waals surface area (Å²) in [6.07, 6.45) is 4.46. The van der Waals surface area contributed by atoms with E-state index in [1.807, 2.05) is 0 Å². The standard InChI is InChI=1S/C10H11N3O2/c1-13(8-10(14)15-2)5-3-4-9(6-11)7-12/h3-5H,8H2,1-2H3/b5-3+. The number of hydrogen-bond donors (Lipinski definition) is 0. The molecule has 0 aliphatic carbocycles. The van der Waals surface area contributed by atoms with E-state index in [-0.39, 0.29) is 18.1 Å². The van der Waals surface area contributed by atoms with Crippen LogP contribution in [0, 0.1) is 22.7 Å². The molecule has 5 heteroatoms. The maximum absolute atomic E-state index is 10.8. The van der Waals surface area contributed by atoms with Gasteiger partial charge in [0.05, 0.1) is 7.11 Å². The molecule has 0 N–H and O–H groups in total. The normalized spacial score (nSPS) is 8.80. The van der Waals surface area contributed by atoms with Crippen LogP contribution in [-0.4, -0.2) is 31.6 Å².